The summed E-state index contributed by atoms with van der Waals surface area (Å²) in [6.07, 6.45) is 0. The van der Waals surface area contributed by atoms with Crippen molar-refractivity contribution < 1.29 is 14.7 Å². The van der Waals surface area contributed by atoms with Gasteiger partial charge in [-0.1, -0.05) is 6.07 Å². The maximum absolute atomic E-state index is 11.8. The monoisotopic (exact) mass is 259 g/mol. The molecule has 0 atom stereocenters. The molecule has 1 aromatic heterocycles. The summed E-state index contributed by atoms with van der Waals surface area (Å²) < 4.78 is 0. The molecule has 19 heavy (non-hydrogen) atoms. The number of hydrogen-bond acceptors (Lipinski definition) is 4. The number of carbonyl (C=O) groups excluding carboxylic acids is 1. The smallest absolute Gasteiger partial charge is 0.335 e. The van der Waals surface area contributed by atoms with Gasteiger partial charge in [-0.2, -0.15) is 5.10 Å². The molecule has 0 spiro atoms. The van der Waals surface area contributed by atoms with Crippen LogP contribution >= 0.6 is 0 Å². The number of carboxylic acid groups (broad SMARTS) is 1. The van der Waals surface area contributed by atoms with E-state index in [0.29, 0.717) is 5.69 Å². The summed E-state index contributed by atoms with van der Waals surface area (Å²) in [6, 6.07) is 8.25. The van der Waals surface area contributed by atoms with Crippen molar-refractivity contribution in [2.45, 2.75) is 0 Å². The Morgan fingerprint density at radius 2 is 2.00 bits per heavy atom. The Morgan fingerprint density at radius 1 is 1.21 bits per heavy atom. The van der Waals surface area contributed by atoms with E-state index in [2.05, 4.69) is 15.5 Å². The van der Waals surface area contributed by atoms with E-state index in [4.69, 9.17) is 5.11 Å². The minimum atomic E-state index is -1.08. The van der Waals surface area contributed by atoms with Crippen LogP contribution in [0.2, 0.25) is 0 Å². The molecule has 1 aromatic carbocycles. The number of benzene rings is 1. The van der Waals surface area contributed by atoms with Gasteiger partial charge in [0.25, 0.3) is 11.5 Å². The molecular weight excluding hydrogens is 250 g/mol. The van der Waals surface area contributed by atoms with Crippen molar-refractivity contribution in [3.63, 3.8) is 0 Å². The number of carbonyl (C=O) groups is 2. The third kappa shape index (κ3) is 3.03. The molecule has 0 radical (unpaired) electrons. The van der Waals surface area contributed by atoms with Crippen molar-refractivity contribution >= 4 is 17.6 Å². The lowest BCUT2D eigenvalue weighted by molar-refractivity contribution is 0.0696. The number of rotatable bonds is 3. The van der Waals surface area contributed by atoms with Crippen LogP contribution in [-0.4, -0.2) is 27.2 Å². The minimum absolute atomic E-state index is 0.0281. The number of hydrogen-bond donors (Lipinski definition) is 3. The number of aromatic carboxylic acids is 1. The molecule has 7 nitrogen and oxygen atoms in total. The van der Waals surface area contributed by atoms with Crippen molar-refractivity contribution in [3.05, 3.63) is 58.0 Å². The number of aromatic nitrogens is 2. The normalized spacial score (nSPS) is 9.89. The van der Waals surface area contributed by atoms with Crippen molar-refractivity contribution in [1.82, 2.24) is 10.2 Å². The van der Waals surface area contributed by atoms with Crippen LogP contribution < -0.4 is 10.9 Å². The Morgan fingerprint density at radius 3 is 2.63 bits per heavy atom. The number of H-pyrrole nitrogens is 1. The molecule has 2 rings (SSSR count). The molecule has 0 bridgehead atoms. The Balaban J connectivity index is 2.19. The zero-order valence-electron chi connectivity index (χ0n) is 9.58. The van der Waals surface area contributed by atoms with Gasteiger partial charge >= 0.3 is 5.97 Å². The molecule has 3 N–H and O–H groups in total. The van der Waals surface area contributed by atoms with Crippen molar-refractivity contribution in [1.29, 1.82) is 0 Å². The molecule has 0 unspecified atom stereocenters. The van der Waals surface area contributed by atoms with Crippen LogP contribution in [0.4, 0.5) is 5.69 Å². The van der Waals surface area contributed by atoms with E-state index in [1.54, 1.807) is 6.07 Å². The first-order valence-corrected chi connectivity index (χ1v) is 5.27. The maximum Gasteiger partial charge on any atom is 0.335 e. The number of nitrogens with one attached hydrogen (secondary N) is 2. The molecular formula is C12H9N3O4. The van der Waals surface area contributed by atoms with E-state index < -0.39 is 17.4 Å². The van der Waals surface area contributed by atoms with E-state index in [0.717, 1.165) is 0 Å². The maximum atomic E-state index is 11.8. The lowest BCUT2D eigenvalue weighted by Gasteiger charge is -2.04. The van der Waals surface area contributed by atoms with Crippen LogP contribution in [0, 0.1) is 0 Å². The highest BCUT2D eigenvalue weighted by Crippen LogP contribution is 2.11. The van der Waals surface area contributed by atoms with Crippen molar-refractivity contribution in [2.24, 2.45) is 0 Å². The van der Waals surface area contributed by atoms with Gasteiger partial charge in [-0.15, -0.1) is 0 Å². The van der Waals surface area contributed by atoms with Gasteiger partial charge in [0.1, 0.15) is 5.69 Å². The second-order valence-electron chi connectivity index (χ2n) is 3.65. The van der Waals surface area contributed by atoms with Crippen LogP contribution in [0.5, 0.6) is 0 Å². The molecule has 0 saturated carbocycles. The number of aromatic amines is 1. The topological polar surface area (TPSA) is 112 Å². The van der Waals surface area contributed by atoms with Crippen molar-refractivity contribution in [2.75, 3.05) is 5.32 Å². The molecule has 96 valence electrons. The largest absolute Gasteiger partial charge is 0.478 e. The molecule has 0 aliphatic heterocycles. The second kappa shape index (κ2) is 5.13. The van der Waals surface area contributed by atoms with Crippen LogP contribution in [0.3, 0.4) is 0 Å². The second-order valence-corrected chi connectivity index (χ2v) is 3.65. The van der Waals surface area contributed by atoms with E-state index in [1.807, 2.05) is 0 Å². The third-order valence-corrected chi connectivity index (χ3v) is 2.28. The summed E-state index contributed by atoms with van der Waals surface area (Å²) in [6.45, 7) is 0. The van der Waals surface area contributed by atoms with Gasteiger partial charge in [0, 0.05) is 11.8 Å². The lowest BCUT2D eigenvalue weighted by atomic mass is 10.2. The number of amides is 1. The van der Waals surface area contributed by atoms with E-state index in [9.17, 15) is 14.4 Å². The predicted octanol–water partition coefficient (Wildman–Crippen LogP) is 0.720. The van der Waals surface area contributed by atoms with Gasteiger partial charge in [-0.3, -0.25) is 9.59 Å². The van der Waals surface area contributed by atoms with Gasteiger partial charge in [-0.05, 0) is 24.3 Å². The molecule has 1 heterocycles. The zero-order chi connectivity index (χ0) is 13.8. The average Bonchev–Trinajstić information content (AvgIpc) is 2.39. The molecule has 0 saturated heterocycles. The fourth-order valence-corrected chi connectivity index (χ4v) is 1.40. The van der Waals surface area contributed by atoms with Gasteiger partial charge in [0.15, 0.2) is 0 Å². The molecule has 0 aliphatic carbocycles. The SMILES string of the molecule is O=C(O)c1cccc(NC(=O)c2ccc(=O)[nH]n2)c1. The molecule has 7 heteroatoms. The van der Waals surface area contributed by atoms with Gasteiger partial charge < -0.3 is 10.4 Å². The Bertz CT molecular complexity index is 673. The van der Waals surface area contributed by atoms with Crippen LogP contribution in [0.15, 0.2) is 41.2 Å². The summed E-state index contributed by atoms with van der Waals surface area (Å²) in [5, 5.41) is 17.0. The molecule has 0 fully saturated rings. The fraction of sp³-hybridized carbons (Fsp3) is 0. The van der Waals surface area contributed by atoms with E-state index in [-0.39, 0.29) is 11.3 Å². The van der Waals surface area contributed by atoms with Crippen LogP contribution in [-0.2, 0) is 0 Å². The molecule has 1 amide bonds. The lowest BCUT2D eigenvalue weighted by Crippen LogP contribution is -2.17. The summed E-state index contributed by atoms with van der Waals surface area (Å²) in [5.41, 5.74) is 0.00915. The van der Waals surface area contributed by atoms with Gasteiger partial charge in [-0.25, -0.2) is 9.89 Å². The predicted molar refractivity (Wildman–Crippen MR) is 66.2 cm³/mol. The summed E-state index contributed by atoms with van der Waals surface area (Å²) in [4.78, 5) is 33.4. The fourth-order valence-electron chi connectivity index (χ4n) is 1.40. The first kappa shape index (κ1) is 12.5. The Kier molecular flexibility index (Phi) is 3.37. The Labute approximate surface area is 106 Å². The summed E-state index contributed by atoms with van der Waals surface area (Å²) in [7, 11) is 0. The number of carboxylic acids is 1. The van der Waals surface area contributed by atoms with Crippen LogP contribution in [0.25, 0.3) is 0 Å². The zero-order valence-corrected chi connectivity index (χ0v) is 9.58. The standard InChI is InChI=1S/C12H9N3O4/c16-10-5-4-9(14-15-10)11(17)13-8-3-1-2-7(6-8)12(18)19/h1-6H,(H,13,17)(H,15,16)(H,18,19). The number of nitrogens with zero attached hydrogens (tertiary/aromatic N) is 1. The average molecular weight is 259 g/mol. The summed E-state index contributed by atoms with van der Waals surface area (Å²) in [5.74, 6) is -1.63. The first-order chi connectivity index (χ1) is 9.06. The highest BCUT2D eigenvalue weighted by atomic mass is 16.4. The minimum Gasteiger partial charge on any atom is -0.478 e. The quantitative estimate of drug-likeness (QED) is 0.751. The van der Waals surface area contributed by atoms with E-state index >= 15 is 0 Å². The first-order valence-electron chi connectivity index (χ1n) is 5.27. The third-order valence-electron chi connectivity index (χ3n) is 2.28. The molecule has 0 aliphatic rings. The molecule has 2 aromatic rings. The highest BCUT2D eigenvalue weighted by molar-refractivity contribution is 6.03. The Hall–Kier alpha value is -2.96. The van der Waals surface area contributed by atoms with Gasteiger partial charge in [0.05, 0.1) is 5.56 Å². The van der Waals surface area contributed by atoms with E-state index in [1.165, 1.54) is 30.3 Å². The van der Waals surface area contributed by atoms with Crippen molar-refractivity contribution in [3.8, 4) is 0 Å². The number of anilines is 1. The van der Waals surface area contributed by atoms with Crippen LogP contribution in [0.1, 0.15) is 20.8 Å². The van der Waals surface area contributed by atoms with Gasteiger partial charge in [0.2, 0.25) is 0 Å². The summed E-state index contributed by atoms with van der Waals surface area (Å²) >= 11 is 0. The highest BCUT2D eigenvalue weighted by Gasteiger charge is 2.09.